The van der Waals surface area contributed by atoms with Crippen LogP contribution >= 0.6 is 0 Å². The summed E-state index contributed by atoms with van der Waals surface area (Å²) in [6.45, 7) is 8.32. The maximum absolute atomic E-state index is 13.5. The van der Waals surface area contributed by atoms with Crippen molar-refractivity contribution in [2.24, 2.45) is 10.7 Å². The number of pyridine rings is 1. The van der Waals surface area contributed by atoms with Crippen LogP contribution in [0.2, 0.25) is 0 Å². The van der Waals surface area contributed by atoms with Crippen molar-refractivity contribution in [1.29, 1.82) is 0 Å². The van der Waals surface area contributed by atoms with Gasteiger partial charge < -0.3 is 16.0 Å². The molecule has 2 amide bonds. The lowest BCUT2D eigenvalue weighted by Crippen LogP contribution is -2.53. The van der Waals surface area contributed by atoms with Crippen LogP contribution in [0.1, 0.15) is 85.2 Å². The van der Waals surface area contributed by atoms with Gasteiger partial charge in [0, 0.05) is 53.1 Å². The topological polar surface area (TPSA) is 126 Å². The number of alkyl halides is 3. The first kappa shape index (κ1) is 31.4. The number of carbonyl (C=O) groups excluding carboxylic acids is 2. The van der Waals surface area contributed by atoms with Gasteiger partial charge in [-0.25, -0.2) is 15.0 Å². The molecular formula is C34H36F3N7O2. The molecule has 240 valence electrons. The number of piperidine rings is 1. The molecule has 1 saturated carbocycles. The van der Waals surface area contributed by atoms with E-state index < -0.39 is 23.3 Å². The molecule has 0 radical (unpaired) electrons. The minimum atomic E-state index is -4.55. The fourth-order valence-corrected chi connectivity index (χ4v) is 6.74. The average Bonchev–Trinajstić information content (AvgIpc) is 3.77. The number of amides is 2. The molecule has 3 N–H and O–H groups in total. The Bertz CT molecular complexity index is 1770. The molecule has 0 unspecified atom stereocenters. The first-order valence-corrected chi connectivity index (χ1v) is 15.5. The molecule has 1 spiro atoms. The zero-order chi connectivity index (χ0) is 33.0. The summed E-state index contributed by atoms with van der Waals surface area (Å²) in [5.41, 5.74) is 9.51. The molecule has 0 bridgehead atoms. The van der Waals surface area contributed by atoms with Crippen LogP contribution in [0.4, 0.5) is 18.9 Å². The van der Waals surface area contributed by atoms with Gasteiger partial charge in [-0.3, -0.25) is 14.6 Å². The Labute approximate surface area is 265 Å². The standard InChI is InChI=1S/C34H36F3N7O2/c1-5-6-21-7-10-23(29-19(3)39-28(16-27(38)45)40-20(29)4)15-25(21)44-14-13-33(17-18(44)2)32(46)42-31(43-33)24-11-12-26(34(35,36)37)41-30(24)22-8-9-22/h5-7,10-12,15,18,22H,8-9,13-14,16-17H2,1-4H3,(H2,38,45)(H,42,43,46)/b6-5+/t18-,33+/m0/s1. The van der Waals surface area contributed by atoms with Crippen molar-refractivity contribution >= 4 is 29.4 Å². The van der Waals surface area contributed by atoms with Crippen LogP contribution in [0, 0.1) is 13.8 Å². The number of allylic oxidation sites excluding steroid dienone is 1. The largest absolute Gasteiger partial charge is 0.433 e. The van der Waals surface area contributed by atoms with Gasteiger partial charge in [0.1, 0.15) is 22.9 Å². The normalized spacial score (nSPS) is 21.6. The van der Waals surface area contributed by atoms with E-state index in [1.807, 2.05) is 45.1 Å². The van der Waals surface area contributed by atoms with E-state index in [0.29, 0.717) is 42.3 Å². The highest BCUT2D eigenvalue weighted by Crippen LogP contribution is 2.44. The number of nitrogens with zero attached hydrogens (tertiary/aromatic N) is 5. The lowest BCUT2D eigenvalue weighted by molar-refractivity contribution is -0.141. The first-order chi connectivity index (χ1) is 21.8. The predicted molar refractivity (Wildman–Crippen MR) is 169 cm³/mol. The number of rotatable bonds is 7. The molecule has 6 rings (SSSR count). The number of aliphatic imine (C=N–C) groups is 1. The van der Waals surface area contributed by atoms with Gasteiger partial charge in [0.25, 0.3) is 5.91 Å². The van der Waals surface area contributed by atoms with Crippen LogP contribution in [0.15, 0.2) is 41.4 Å². The SMILES string of the molecule is C/C=C/c1ccc(-c2c(C)nc(CC(N)=O)nc2C)cc1N1CC[C@]2(C[C@@H]1C)N=C(c1ccc(C(F)(F)F)nc1C1CC1)NC2=O. The summed E-state index contributed by atoms with van der Waals surface area (Å²) in [7, 11) is 0. The van der Waals surface area contributed by atoms with E-state index in [-0.39, 0.29) is 24.3 Å². The summed E-state index contributed by atoms with van der Waals surface area (Å²) in [5.74, 6) is -0.108. The van der Waals surface area contributed by atoms with Crippen LogP contribution in [-0.4, -0.2) is 50.7 Å². The zero-order valence-electron chi connectivity index (χ0n) is 26.2. The average molecular weight is 632 g/mol. The lowest BCUT2D eigenvalue weighted by Gasteiger charge is -2.42. The molecule has 1 saturated heterocycles. The van der Waals surface area contributed by atoms with Gasteiger partial charge in [0.05, 0.1) is 12.1 Å². The molecule has 2 atom stereocenters. The second-order valence-corrected chi connectivity index (χ2v) is 12.4. The highest BCUT2D eigenvalue weighted by atomic mass is 19.4. The Kier molecular flexibility index (Phi) is 7.94. The second-order valence-electron chi connectivity index (χ2n) is 12.4. The summed E-state index contributed by atoms with van der Waals surface area (Å²) in [4.78, 5) is 45.2. The van der Waals surface area contributed by atoms with Crippen LogP contribution in [0.3, 0.4) is 0 Å². The number of hydrogen-bond donors (Lipinski definition) is 2. The number of carbonyl (C=O) groups is 2. The van der Waals surface area contributed by atoms with Gasteiger partial charge >= 0.3 is 6.18 Å². The van der Waals surface area contributed by atoms with E-state index in [1.54, 1.807) is 0 Å². The number of benzene rings is 1. The van der Waals surface area contributed by atoms with E-state index in [9.17, 15) is 22.8 Å². The summed E-state index contributed by atoms with van der Waals surface area (Å²) in [5, 5.41) is 2.90. The van der Waals surface area contributed by atoms with Crippen molar-refractivity contribution in [2.75, 3.05) is 11.4 Å². The van der Waals surface area contributed by atoms with E-state index in [1.165, 1.54) is 6.07 Å². The molecule has 3 aromatic rings. The smallest absolute Gasteiger partial charge is 0.369 e. The molecule has 46 heavy (non-hydrogen) atoms. The van der Waals surface area contributed by atoms with Crippen LogP contribution in [0.25, 0.3) is 17.2 Å². The van der Waals surface area contributed by atoms with Crippen molar-refractivity contribution < 1.29 is 22.8 Å². The summed E-state index contributed by atoms with van der Waals surface area (Å²) < 4.78 is 40.3. The molecular weight excluding hydrogens is 595 g/mol. The Morgan fingerprint density at radius 2 is 1.85 bits per heavy atom. The van der Waals surface area contributed by atoms with Crippen LogP contribution < -0.4 is 16.0 Å². The molecule has 4 heterocycles. The Hall–Kier alpha value is -4.61. The molecule has 3 aliphatic rings. The minimum absolute atomic E-state index is 0.0322. The number of aromatic nitrogens is 3. The van der Waals surface area contributed by atoms with E-state index >= 15 is 0 Å². The lowest BCUT2D eigenvalue weighted by atomic mass is 9.83. The number of halogens is 3. The Morgan fingerprint density at radius 3 is 2.46 bits per heavy atom. The third-order valence-corrected chi connectivity index (χ3v) is 8.97. The molecule has 2 aliphatic heterocycles. The summed E-state index contributed by atoms with van der Waals surface area (Å²) in [6, 6.07) is 8.44. The van der Waals surface area contributed by atoms with Gasteiger partial charge in [-0.15, -0.1) is 0 Å². The first-order valence-electron chi connectivity index (χ1n) is 15.5. The Morgan fingerprint density at radius 1 is 1.13 bits per heavy atom. The van der Waals surface area contributed by atoms with Crippen molar-refractivity contribution in [3.63, 3.8) is 0 Å². The molecule has 1 aliphatic carbocycles. The van der Waals surface area contributed by atoms with E-state index in [0.717, 1.165) is 52.7 Å². The van der Waals surface area contributed by atoms with Crippen LogP contribution in [-0.2, 0) is 22.2 Å². The fourth-order valence-electron chi connectivity index (χ4n) is 6.74. The highest BCUT2D eigenvalue weighted by molar-refractivity contribution is 6.16. The number of aryl methyl sites for hydroxylation is 2. The van der Waals surface area contributed by atoms with Crippen molar-refractivity contribution in [3.8, 4) is 11.1 Å². The fraction of sp³-hybridized carbons (Fsp3) is 0.412. The molecule has 2 aromatic heterocycles. The molecule has 12 heteroatoms. The Balaban J connectivity index is 1.31. The summed E-state index contributed by atoms with van der Waals surface area (Å²) >= 11 is 0. The van der Waals surface area contributed by atoms with Gasteiger partial charge in [-0.05, 0) is 76.3 Å². The maximum atomic E-state index is 13.5. The maximum Gasteiger partial charge on any atom is 0.433 e. The van der Waals surface area contributed by atoms with Gasteiger partial charge in [-0.2, -0.15) is 13.2 Å². The number of hydrogen-bond acceptors (Lipinski definition) is 7. The third-order valence-electron chi connectivity index (χ3n) is 8.97. The highest BCUT2D eigenvalue weighted by Gasteiger charge is 2.49. The van der Waals surface area contributed by atoms with Gasteiger partial charge in [-0.1, -0.05) is 24.3 Å². The zero-order valence-corrected chi connectivity index (χ0v) is 26.2. The molecule has 2 fully saturated rings. The number of nitrogens with two attached hydrogens (primary N) is 1. The predicted octanol–water partition coefficient (Wildman–Crippen LogP) is 5.42. The van der Waals surface area contributed by atoms with Gasteiger partial charge in [0.2, 0.25) is 5.91 Å². The molecule has 9 nitrogen and oxygen atoms in total. The quantitative estimate of drug-likeness (QED) is 0.359. The number of amidine groups is 1. The number of nitrogens with one attached hydrogen (secondary N) is 1. The summed E-state index contributed by atoms with van der Waals surface area (Å²) in [6.07, 6.45) is 1.82. The van der Waals surface area contributed by atoms with Crippen molar-refractivity contribution in [1.82, 2.24) is 20.3 Å². The van der Waals surface area contributed by atoms with Crippen molar-refractivity contribution in [3.05, 3.63) is 76.1 Å². The molecule has 1 aromatic carbocycles. The van der Waals surface area contributed by atoms with Gasteiger partial charge in [0.15, 0.2) is 0 Å². The number of primary amides is 1. The van der Waals surface area contributed by atoms with E-state index in [2.05, 4.69) is 38.2 Å². The second kappa shape index (κ2) is 11.6. The minimum Gasteiger partial charge on any atom is -0.369 e. The third kappa shape index (κ3) is 5.88. The monoisotopic (exact) mass is 631 g/mol. The number of anilines is 1. The van der Waals surface area contributed by atoms with E-state index in [4.69, 9.17) is 10.7 Å². The van der Waals surface area contributed by atoms with Crippen LogP contribution in [0.5, 0.6) is 0 Å². The van der Waals surface area contributed by atoms with Crippen molar-refractivity contribution in [2.45, 2.75) is 83.5 Å².